The van der Waals surface area contributed by atoms with Crippen molar-refractivity contribution < 1.29 is 18.0 Å². The zero-order chi connectivity index (χ0) is 18.9. The maximum atomic E-state index is 12.9. The van der Waals surface area contributed by atoms with Gasteiger partial charge in [-0.2, -0.15) is 13.2 Å². The Labute approximate surface area is 150 Å². The van der Waals surface area contributed by atoms with E-state index in [1.807, 2.05) is 0 Å². The highest BCUT2D eigenvalue weighted by molar-refractivity contribution is 6.31. The van der Waals surface area contributed by atoms with Crippen LogP contribution in [0, 0.1) is 6.92 Å². The van der Waals surface area contributed by atoms with Gasteiger partial charge in [-0.05, 0) is 59.3 Å². The van der Waals surface area contributed by atoms with Crippen LogP contribution < -0.4 is 5.32 Å². The zero-order valence-corrected chi connectivity index (χ0v) is 14.0. The molecule has 3 rings (SSSR count). The summed E-state index contributed by atoms with van der Waals surface area (Å²) in [6.45, 7) is 1.76. The maximum absolute atomic E-state index is 12.9. The minimum atomic E-state index is -4.61. The fourth-order valence-corrected chi connectivity index (χ4v) is 2.57. The first-order valence-electron chi connectivity index (χ1n) is 7.28. The largest absolute Gasteiger partial charge is 0.417 e. The Morgan fingerprint density at radius 3 is 2.58 bits per heavy atom. The minimum absolute atomic E-state index is 0.00562. The highest BCUT2D eigenvalue weighted by atomic mass is 35.5. The van der Waals surface area contributed by atoms with E-state index in [0.29, 0.717) is 5.69 Å². The lowest BCUT2D eigenvalue weighted by Crippen LogP contribution is -2.14. The van der Waals surface area contributed by atoms with E-state index >= 15 is 0 Å². The van der Waals surface area contributed by atoms with E-state index in [0.717, 1.165) is 17.7 Å². The fraction of sp³-hybridized carbons (Fsp3) is 0.125. The number of tetrazole rings is 1. The molecule has 0 spiro atoms. The molecule has 0 radical (unpaired) electrons. The predicted molar refractivity (Wildman–Crippen MR) is 88.3 cm³/mol. The number of halogens is 4. The van der Waals surface area contributed by atoms with Gasteiger partial charge < -0.3 is 5.32 Å². The number of nitrogens with one attached hydrogen (secondary N) is 1. The number of amides is 1. The molecular formula is C16H11ClF3N5O. The molecule has 0 unspecified atom stereocenters. The third-order valence-corrected chi connectivity index (χ3v) is 3.91. The molecule has 0 saturated heterocycles. The summed E-state index contributed by atoms with van der Waals surface area (Å²) in [6.07, 6.45) is -3.20. The first-order valence-corrected chi connectivity index (χ1v) is 7.65. The van der Waals surface area contributed by atoms with E-state index in [1.54, 1.807) is 19.1 Å². The Bertz CT molecular complexity index is 957. The van der Waals surface area contributed by atoms with Gasteiger partial charge in [0.2, 0.25) is 0 Å². The van der Waals surface area contributed by atoms with Crippen LogP contribution >= 0.6 is 11.6 Å². The highest BCUT2D eigenvalue weighted by Gasteiger charge is 2.33. The number of anilines is 1. The van der Waals surface area contributed by atoms with Gasteiger partial charge in [-0.25, -0.2) is 4.68 Å². The van der Waals surface area contributed by atoms with E-state index in [9.17, 15) is 18.0 Å². The third kappa shape index (κ3) is 3.67. The van der Waals surface area contributed by atoms with Crippen molar-refractivity contribution >= 4 is 23.2 Å². The van der Waals surface area contributed by atoms with Crippen molar-refractivity contribution in [2.45, 2.75) is 13.1 Å². The lowest BCUT2D eigenvalue weighted by Gasteiger charge is -2.12. The number of hydrogen-bond donors (Lipinski definition) is 1. The molecule has 0 aliphatic heterocycles. The molecule has 0 atom stereocenters. The number of rotatable bonds is 3. The first-order chi connectivity index (χ1) is 12.3. The molecule has 0 fully saturated rings. The molecular weight excluding hydrogens is 371 g/mol. The van der Waals surface area contributed by atoms with E-state index < -0.39 is 22.7 Å². The van der Waals surface area contributed by atoms with Crippen molar-refractivity contribution in [1.29, 1.82) is 0 Å². The summed E-state index contributed by atoms with van der Waals surface area (Å²) in [5.74, 6) is -0.549. The molecule has 6 nitrogen and oxygen atoms in total. The van der Waals surface area contributed by atoms with Crippen molar-refractivity contribution in [3.05, 3.63) is 64.4 Å². The van der Waals surface area contributed by atoms with Gasteiger partial charge in [-0.1, -0.05) is 11.6 Å². The van der Waals surface area contributed by atoms with Crippen molar-refractivity contribution in [2.24, 2.45) is 0 Å². The van der Waals surface area contributed by atoms with Crippen LogP contribution in [0.25, 0.3) is 5.69 Å². The van der Waals surface area contributed by atoms with Crippen LogP contribution in [0.4, 0.5) is 18.9 Å². The first kappa shape index (κ1) is 17.9. The average molecular weight is 382 g/mol. The Balaban J connectivity index is 1.84. The van der Waals surface area contributed by atoms with Crippen LogP contribution in [0.3, 0.4) is 0 Å². The Morgan fingerprint density at radius 2 is 1.96 bits per heavy atom. The van der Waals surface area contributed by atoms with Gasteiger partial charge in [-0.15, -0.1) is 5.10 Å². The Hall–Kier alpha value is -2.94. The van der Waals surface area contributed by atoms with Crippen LogP contribution in [-0.2, 0) is 6.18 Å². The van der Waals surface area contributed by atoms with Gasteiger partial charge in [0.05, 0.1) is 16.3 Å². The molecule has 1 aromatic heterocycles. The summed E-state index contributed by atoms with van der Waals surface area (Å²) < 4.78 is 40.2. The van der Waals surface area contributed by atoms with E-state index in [-0.39, 0.29) is 11.3 Å². The van der Waals surface area contributed by atoms with E-state index in [2.05, 4.69) is 20.8 Å². The van der Waals surface area contributed by atoms with Gasteiger partial charge in [0.15, 0.2) is 0 Å². The number of benzene rings is 2. The van der Waals surface area contributed by atoms with Crippen LogP contribution in [0.2, 0.25) is 5.02 Å². The smallest absolute Gasteiger partial charge is 0.322 e. The number of alkyl halides is 3. The van der Waals surface area contributed by atoms with Gasteiger partial charge in [0.25, 0.3) is 5.91 Å². The monoisotopic (exact) mass is 381 g/mol. The van der Waals surface area contributed by atoms with Crippen molar-refractivity contribution in [3.8, 4) is 5.69 Å². The highest BCUT2D eigenvalue weighted by Crippen LogP contribution is 2.36. The summed E-state index contributed by atoms with van der Waals surface area (Å²) in [6, 6.07) is 7.95. The normalized spacial score (nSPS) is 11.4. The Kier molecular flexibility index (Phi) is 4.64. The topological polar surface area (TPSA) is 72.7 Å². The SMILES string of the molecule is Cc1cc(C(=O)Nc2ccc(Cl)c(C(F)(F)F)c2)ccc1-n1cnnn1. The fourth-order valence-electron chi connectivity index (χ4n) is 2.35. The summed E-state index contributed by atoms with van der Waals surface area (Å²) in [7, 11) is 0. The van der Waals surface area contributed by atoms with Gasteiger partial charge >= 0.3 is 6.18 Å². The predicted octanol–water partition coefficient (Wildman–Crippen LogP) is 3.90. The molecule has 10 heteroatoms. The van der Waals surface area contributed by atoms with Crippen LogP contribution in [-0.4, -0.2) is 26.1 Å². The van der Waals surface area contributed by atoms with Crippen LogP contribution in [0.1, 0.15) is 21.5 Å². The number of nitrogens with zero attached hydrogens (tertiary/aromatic N) is 4. The molecule has 1 N–H and O–H groups in total. The summed E-state index contributed by atoms with van der Waals surface area (Å²) in [5.41, 5.74) is 0.661. The number of aromatic nitrogens is 4. The molecule has 26 heavy (non-hydrogen) atoms. The van der Waals surface area contributed by atoms with E-state index in [1.165, 1.54) is 23.1 Å². The molecule has 2 aromatic carbocycles. The molecule has 0 bridgehead atoms. The van der Waals surface area contributed by atoms with Crippen molar-refractivity contribution in [2.75, 3.05) is 5.32 Å². The zero-order valence-electron chi connectivity index (χ0n) is 13.3. The van der Waals surface area contributed by atoms with Crippen LogP contribution in [0.15, 0.2) is 42.7 Å². The lowest BCUT2D eigenvalue weighted by atomic mass is 10.1. The standard InChI is InChI=1S/C16H11ClF3N5O/c1-9-6-10(2-5-14(9)25-8-21-23-24-25)15(26)22-11-3-4-13(17)12(7-11)16(18,19)20/h2-8H,1H3,(H,22,26). The minimum Gasteiger partial charge on any atom is -0.322 e. The molecule has 134 valence electrons. The number of carbonyl (C=O) groups is 1. The van der Waals surface area contributed by atoms with Crippen LogP contribution in [0.5, 0.6) is 0 Å². The second-order valence-corrected chi connectivity index (χ2v) is 5.81. The quantitative estimate of drug-likeness (QED) is 0.747. The number of aryl methyl sites for hydroxylation is 1. The number of carbonyl (C=O) groups excluding carboxylic acids is 1. The van der Waals surface area contributed by atoms with Crippen molar-refractivity contribution in [1.82, 2.24) is 20.2 Å². The summed E-state index contributed by atoms with van der Waals surface area (Å²) in [5, 5.41) is 12.8. The summed E-state index contributed by atoms with van der Waals surface area (Å²) >= 11 is 5.57. The van der Waals surface area contributed by atoms with E-state index in [4.69, 9.17) is 11.6 Å². The van der Waals surface area contributed by atoms with Gasteiger partial charge in [-0.3, -0.25) is 4.79 Å². The third-order valence-electron chi connectivity index (χ3n) is 3.58. The second-order valence-electron chi connectivity index (χ2n) is 5.40. The molecule has 0 aliphatic carbocycles. The molecule has 0 saturated carbocycles. The lowest BCUT2D eigenvalue weighted by molar-refractivity contribution is -0.137. The Morgan fingerprint density at radius 1 is 1.19 bits per heavy atom. The average Bonchev–Trinajstić information content (AvgIpc) is 3.09. The molecule has 1 heterocycles. The molecule has 3 aromatic rings. The number of hydrogen-bond acceptors (Lipinski definition) is 4. The maximum Gasteiger partial charge on any atom is 0.417 e. The van der Waals surface area contributed by atoms with Gasteiger partial charge in [0.1, 0.15) is 6.33 Å². The molecule has 0 aliphatic rings. The molecule has 1 amide bonds. The van der Waals surface area contributed by atoms with Gasteiger partial charge in [0, 0.05) is 11.3 Å². The summed E-state index contributed by atoms with van der Waals surface area (Å²) in [4.78, 5) is 12.3. The second kappa shape index (κ2) is 6.75. The van der Waals surface area contributed by atoms with Crippen molar-refractivity contribution in [3.63, 3.8) is 0 Å².